The van der Waals surface area contributed by atoms with E-state index in [-0.39, 0.29) is 0 Å². The minimum Gasteiger partial charge on any atom is -0.382 e. The van der Waals surface area contributed by atoms with Crippen LogP contribution in [0.2, 0.25) is 0 Å². The Labute approximate surface area is 114 Å². The first-order chi connectivity index (χ1) is 7.98. The molecule has 0 aliphatic rings. The first-order valence-corrected chi connectivity index (χ1v) is 7.18. The molecule has 0 aliphatic heterocycles. The summed E-state index contributed by atoms with van der Waals surface area (Å²) < 4.78 is 15.7. The number of hydrogen-bond donors (Lipinski definition) is 0. The number of hydrogen-bond acceptors (Lipinski definition) is 3. The van der Waals surface area contributed by atoms with Crippen molar-refractivity contribution in [3.63, 3.8) is 0 Å². The lowest BCUT2D eigenvalue weighted by Crippen LogP contribution is -2.20. The molecular formula is C13H27BrO3. The molecular weight excluding hydrogens is 284 g/mol. The van der Waals surface area contributed by atoms with Gasteiger partial charge in [-0.25, -0.2) is 0 Å². The Balaban J connectivity index is 3.19. The number of methoxy groups -OCH3 is 1. The number of alkyl halides is 1. The van der Waals surface area contributed by atoms with Crippen LogP contribution >= 0.6 is 15.9 Å². The van der Waals surface area contributed by atoms with Crippen molar-refractivity contribution >= 4 is 15.9 Å². The highest BCUT2D eigenvalue weighted by Gasteiger charge is 2.20. The molecule has 0 bridgehead atoms. The highest BCUT2D eigenvalue weighted by Crippen LogP contribution is 2.29. The number of halogens is 1. The lowest BCUT2D eigenvalue weighted by atomic mass is 9.90. The summed E-state index contributed by atoms with van der Waals surface area (Å²) >= 11 is 3.72. The van der Waals surface area contributed by atoms with E-state index in [0.29, 0.717) is 36.7 Å². The van der Waals surface area contributed by atoms with Crippen molar-refractivity contribution in [2.45, 2.75) is 38.4 Å². The van der Waals surface area contributed by atoms with E-state index in [4.69, 9.17) is 14.2 Å². The van der Waals surface area contributed by atoms with E-state index in [9.17, 15) is 0 Å². The average Bonchev–Trinajstić information content (AvgIpc) is 2.25. The van der Waals surface area contributed by atoms with Crippen molar-refractivity contribution < 1.29 is 14.2 Å². The van der Waals surface area contributed by atoms with Gasteiger partial charge in [0.15, 0.2) is 0 Å². The molecule has 0 spiro atoms. The van der Waals surface area contributed by atoms with Crippen LogP contribution in [-0.2, 0) is 14.2 Å². The second-order valence-corrected chi connectivity index (χ2v) is 6.30. The van der Waals surface area contributed by atoms with Gasteiger partial charge in [0, 0.05) is 18.5 Å². The zero-order chi connectivity index (χ0) is 13.1. The minimum atomic E-state index is 0.323. The van der Waals surface area contributed by atoms with E-state index in [1.54, 1.807) is 7.11 Å². The van der Waals surface area contributed by atoms with E-state index in [1.165, 1.54) is 0 Å². The molecule has 0 radical (unpaired) electrons. The molecule has 1 atom stereocenters. The Morgan fingerprint density at radius 1 is 0.941 bits per heavy atom. The summed E-state index contributed by atoms with van der Waals surface area (Å²) in [6, 6.07) is 0. The second-order valence-electron chi connectivity index (χ2n) is 5.19. The third-order valence-corrected chi connectivity index (χ3v) is 4.32. The normalized spacial score (nSPS) is 13.9. The molecule has 4 heteroatoms. The molecule has 1 unspecified atom stereocenters. The van der Waals surface area contributed by atoms with Gasteiger partial charge in [0.05, 0.1) is 26.4 Å². The van der Waals surface area contributed by atoms with E-state index in [0.717, 1.165) is 19.4 Å². The summed E-state index contributed by atoms with van der Waals surface area (Å²) in [5.41, 5.74) is 0.323. The van der Waals surface area contributed by atoms with Gasteiger partial charge in [-0.05, 0) is 18.3 Å². The Morgan fingerprint density at radius 3 is 2.00 bits per heavy atom. The van der Waals surface area contributed by atoms with Crippen molar-refractivity contribution in [3.05, 3.63) is 0 Å². The monoisotopic (exact) mass is 310 g/mol. The third-order valence-electron chi connectivity index (χ3n) is 2.49. The summed E-state index contributed by atoms with van der Waals surface area (Å²) in [5, 5.41) is 0. The van der Waals surface area contributed by atoms with Gasteiger partial charge in [0.25, 0.3) is 0 Å². The van der Waals surface area contributed by atoms with Gasteiger partial charge < -0.3 is 14.2 Å². The van der Waals surface area contributed by atoms with Gasteiger partial charge in [0.2, 0.25) is 0 Å². The standard InChI is InChI=1S/C13H27BrO3/c1-13(2,3)12(14)6-5-7-16-10-11-17-9-8-15-4/h12H,5-11H2,1-4H3. The average molecular weight is 311 g/mol. The van der Waals surface area contributed by atoms with Crippen LogP contribution in [0, 0.1) is 5.41 Å². The Kier molecular flexibility index (Phi) is 10.5. The maximum absolute atomic E-state index is 5.49. The van der Waals surface area contributed by atoms with Gasteiger partial charge in [0.1, 0.15) is 0 Å². The molecule has 104 valence electrons. The lowest BCUT2D eigenvalue weighted by Gasteiger charge is -2.25. The highest BCUT2D eigenvalue weighted by atomic mass is 79.9. The molecule has 3 nitrogen and oxygen atoms in total. The van der Waals surface area contributed by atoms with Crippen molar-refractivity contribution in [1.82, 2.24) is 0 Å². The van der Waals surface area contributed by atoms with Gasteiger partial charge in [-0.2, -0.15) is 0 Å². The van der Waals surface area contributed by atoms with Gasteiger partial charge in [-0.3, -0.25) is 0 Å². The summed E-state index contributed by atoms with van der Waals surface area (Å²) in [7, 11) is 1.67. The van der Waals surface area contributed by atoms with Crippen LogP contribution in [0.5, 0.6) is 0 Å². The molecule has 0 amide bonds. The number of ether oxygens (including phenoxy) is 3. The first-order valence-electron chi connectivity index (χ1n) is 6.27. The quantitative estimate of drug-likeness (QED) is 0.458. The summed E-state index contributed by atoms with van der Waals surface area (Å²) in [6.07, 6.45) is 2.24. The Hall–Kier alpha value is 0.360. The molecule has 17 heavy (non-hydrogen) atoms. The van der Waals surface area contributed by atoms with Crippen LogP contribution in [0.15, 0.2) is 0 Å². The zero-order valence-corrected chi connectivity index (χ0v) is 13.2. The molecule has 0 saturated heterocycles. The van der Waals surface area contributed by atoms with E-state index < -0.39 is 0 Å². The van der Waals surface area contributed by atoms with Crippen molar-refractivity contribution in [3.8, 4) is 0 Å². The second kappa shape index (κ2) is 10.3. The topological polar surface area (TPSA) is 27.7 Å². The van der Waals surface area contributed by atoms with E-state index in [1.807, 2.05) is 0 Å². The fourth-order valence-electron chi connectivity index (χ4n) is 1.26. The third kappa shape index (κ3) is 11.2. The molecule has 0 aliphatic carbocycles. The van der Waals surface area contributed by atoms with Crippen LogP contribution in [0.1, 0.15) is 33.6 Å². The molecule has 0 N–H and O–H groups in total. The predicted molar refractivity (Wildman–Crippen MR) is 74.9 cm³/mol. The van der Waals surface area contributed by atoms with E-state index >= 15 is 0 Å². The summed E-state index contributed by atoms with van der Waals surface area (Å²) in [4.78, 5) is 0.552. The zero-order valence-electron chi connectivity index (χ0n) is 11.6. The molecule has 0 aromatic carbocycles. The fourth-order valence-corrected chi connectivity index (χ4v) is 1.59. The van der Waals surface area contributed by atoms with Crippen molar-refractivity contribution in [1.29, 1.82) is 0 Å². The molecule has 0 rings (SSSR count). The summed E-state index contributed by atoms with van der Waals surface area (Å²) in [5.74, 6) is 0. The van der Waals surface area contributed by atoms with Crippen LogP contribution < -0.4 is 0 Å². The maximum Gasteiger partial charge on any atom is 0.0701 e. The molecule has 0 aromatic rings. The number of rotatable bonds is 10. The van der Waals surface area contributed by atoms with E-state index in [2.05, 4.69) is 36.7 Å². The van der Waals surface area contributed by atoms with Gasteiger partial charge in [-0.1, -0.05) is 36.7 Å². The van der Waals surface area contributed by atoms with Gasteiger partial charge in [-0.15, -0.1) is 0 Å². The minimum absolute atomic E-state index is 0.323. The van der Waals surface area contributed by atoms with Crippen LogP contribution in [0.25, 0.3) is 0 Å². The van der Waals surface area contributed by atoms with Crippen LogP contribution in [-0.4, -0.2) is 45.0 Å². The summed E-state index contributed by atoms with van der Waals surface area (Å²) in [6.45, 7) is 10.2. The Morgan fingerprint density at radius 2 is 1.47 bits per heavy atom. The van der Waals surface area contributed by atoms with Crippen molar-refractivity contribution in [2.24, 2.45) is 5.41 Å². The Bertz CT molecular complexity index is 169. The SMILES string of the molecule is COCCOCCOCCCC(Br)C(C)(C)C. The largest absolute Gasteiger partial charge is 0.382 e. The van der Waals surface area contributed by atoms with Crippen LogP contribution in [0.3, 0.4) is 0 Å². The molecule has 0 fully saturated rings. The molecule has 0 heterocycles. The molecule has 0 saturated carbocycles. The molecule has 0 aromatic heterocycles. The lowest BCUT2D eigenvalue weighted by molar-refractivity contribution is 0.0238. The van der Waals surface area contributed by atoms with Crippen LogP contribution in [0.4, 0.5) is 0 Å². The maximum atomic E-state index is 5.49. The smallest absolute Gasteiger partial charge is 0.0701 e. The fraction of sp³-hybridized carbons (Fsp3) is 1.00. The first kappa shape index (κ1) is 17.4. The predicted octanol–water partition coefficient (Wildman–Crippen LogP) is 3.26. The van der Waals surface area contributed by atoms with Gasteiger partial charge >= 0.3 is 0 Å². The van der Waals surface area contributed by atoms with Crippen molar-refractivity contribution in [2.75, 3.05) is 40.1 Å². The highest BCUT2D eigenvalue weighted by molar-refractivity contribution is 9.09.